The van der Waals surface area contributed by atoms with Gasteiger partial charge in [-0.15, -0.1) is 0 Å². The van der Waals surface area contributed by atoms with Gasteiger partial charge in [-0.05, 0) is 49.8 Å². The number of rotatable bonds is 7. The van der Waals surface area contributed by atoms with Crippen molar-refractivity contribution in [3.05, 3.63) is 68.2 Å². The van der Waals surface area contributed by atoms with Gasteiger partial charge in [0.1, 0.15) is 16.7 Å². The molecule has 0 aromatic heterocycles. The van der Waals surface area contributed by atoms with Gasteiger partial charge in [-0.25, -0.2) is 4.79 Å². The second kappa shape index (κ2) is 10.2. The summed E-state index contributed by atoms with van der Waals surface area (Å²) in [5.41, 5.74) is -0.130. The quantitative estimate of drug-likeness (QED) is 0.171. The van der Waals surface area contributed by atoms with Gasteiger partial charge in [-0.1, -0.05) is 17.7 Å². The molecule has 0 bridgehead atoms. The van der Waals surface area contributed by atoms with Crippen molar-refractivity contribution in [2.24, 2.45) is 0 Å². The molecule has 0 aliphatic carbocycles. The van der Waals surface area contributed by atoms with Crippen LogP contribution in [0.25, 0.3) is 6.08 Å². The number of carbonyl (C=O) groups is 2. The van der Waals surface area contributed by atoms with Crippen molar-refractivity contribution in [1.29, 1.82) is 5.26 Å². The third-order valence-electron chi connectivity index (χ3n) is 3.86. The third kappa shape index (κ3) is 6.04. The highest BCUT2D eigenvalue weighted by atomic mass is 35.5. The van der Waals surface area contributed by atoms with Crippen LogP contribution in [0.15, 0.2) is 42.0 Å². The van der Waals surface area contributed by atoms with Crippen LogP contribution >= 0.6 is 11.6 Å². The fraction of sp³-hybridized carbons (Fsp3) is 0.190. The average Bonchev–Trinajstić information content (AvgIpc) is 2.72. The summed E-state index contributed by atoms with van der Waals surface area (Å²) in [6, 6.07) is 9.67. The smallest absolute Gasteiger partial charge is 0.343 e. The minimum atomic E-state index is -0.851. The molecule has 2 aromatic carbocycles. The topological polar surface area (TPSA) is 132 Å². The number of nitro benzene ring substituents is 1. The van der Waals surface area contributed by atoms with Crippen LogP contribution in [0.1, 0.15) is 29.8 Å². The zero-order valence-corrected chi connectivity index (χ0v) is 17.6. The van der Waals surface area contributed by atoms with E-state index in [2.05, 4.69) is 5.32 Å². The molecule has 0 saturated carbocycles. The van der Waals surface area contributed by atoms with Crippen LogP contribution in [0, 0.1) is 21.4 Å². The molecule has 0 unspecified atom stereocenters. The van der Waals surface area contributed by atoms with Gasteiger partial charge in [0.25, 0.3) is 11.6 Å². The lowest BCUT2D eigenvalue weighted by molar-refractivity contribution is -0.384. The van der Waals surface area contributed by atoms with Crippen molar-refractivity contribution in [1.82, 2.24) is 5.32 Å². The number of esters is 1. The molecule has 1 N–H and O–H groups in total. The van der Waals surface area contributed by atoms with Gasteiger partial charge in [0.15, 0.2) is 11.5 Å². The van der Waals surface area contributed by atoms with Crippen LogP contribution in [-0.4, -0.2) is 30.0 Å². The van der Waals surface area contributed by atoms with E-state index < -0.39 is 22.5 Å². The number of methoxy groups -OCH3 is 1. The minimum absolute atomic E-state index is 0.0485. The van der Waals surface area contributed by atoms with Crippen molar-refractivity contribution in [2.75, 3.05) is 7.11 Å². The average molecular weight is 444 g/mol. The molecule has 0 fully saturated rings. The van der Waals surface area contributed by atoms with Crippen molar-refractivity contribution in [3.63, 3.8) is 0 Å². The molecule has 9 nitrogen and oxygen atoms in total. The van der Waals surface area contributed by atoms with E-state index in [1.807, 2.05) is 6.07 Å². The van der Waals surface area contributed by atoms with Crippen LogP contribution in [0.3, 0.4) is 0 Å². The molecule has 0 radical (unpaired) electrons. The van der Waals surface area contributed by atoms with Gasteiger partial charge in [0, 0.05) is 12.1 Å². The van der Waals surface area contributed by atoms with Crippen molar-refractivity contribution < 1.29 is 24.0 Å². The summed E-state index contributed by atoms with van der Waals surface area (Å²) in [5, 5.41) is 22.8. The Morgan fingerprint density at radius 1 is 1.23 bits per heavy atom. The number of ether oxygens (including phenoxy) is 2. The predicted molar refractivity (Wildman–Crippen MR) is 113 cm³/mol. The Kier molecular flexibility index (Phi) is 7.71. The van der Waals surface area contributed by atoms with Gasteiger partial charge in [0.05, 0.1) is 17.6 Å². The van der Waals surface area contributed by atoms with Gasteiger partial charge in [0.2, 0.25) is 0 Å². The molecule has 0 saturated heterocycles. The van der Waals surface area contributed by atoms with Crippen LogP contribution in [0.5, 0.6) is 11.5 Å². The van der Waals surface area contributed by atoms with Crippen molar-refractivity contribution in [3.8, 4) is 17.6 Å². The van der Waals surface area contributed by atoms with Crippen LogP contribution < -0.4 is 14.8 Å². The Labute approximate surface area is 183 Å². The van der Waals surface area contributed by atoms with E-state index in [0.717, 1.165) is 6.07 Å². The Morgan fingerprint density at radius 3 is 2.52 bits per heavy atom. The number of carbonyl (C=O) groups excluding carboxylic acids is 2. The largest absolute Gasteiger partial charge is 0.493 e. The number of hydrogen-bond acceptors (Lipinski definition) is 7. The van der Waals surface area contributed by atoms with Gasteiger partial charge < -0.3 is 14.8 Å². The lowest BCUT2D eigenvalue weighted by Gasteiger charge is -2.11. The predicted octanol–water partition coefficient (Wildman–Crippen LogP) is 3.91. The highest BCUT2D eigenvalue weighted by Crippen LogP contribution is 2.31. The molecule has 160 valence electrons. The molecule has 31 heavy (non-hydrogen) atoms. The summed E-state index contributed by atoms with van der Waals surface area (Å²) in [6.45, 7) is 3.54. The minimum Gasteiger partial charge on any atom is -0.493 e. The maximum Gasteiger partial charge on any atom is 0.343 e. The number of nitriles is 1. The fourth-order valence-corrected chi connectivity index (χ4v) is 2.64. The number of benzene rings is 2. The van der Waals surface area contributed by atoms with E-state index in [-0.39, 0.29) is 33.7 Å². The molecule has 0 heterocycles. The van der Waals surface area contributed by atoms with Gasteiger partial charge in [-0.2, -0.15) is 5.26 Å². The van der Waals surface area contributed by atoms with E-state index in [1.165, 1.54) is 43.5 Å². The second-order valence-electron chi connectivity index (χ2n) is 6.52. The van der Waals surface area contributed by atoms with Crippen LogP contribution in [-0.2, 0) is 4.79 Å². The molecule has 2 rings (SSSR count). The summed E-state index contributed by atoms with van der Waals surface area (Å²) in [7, 11) is 1.35. The molecule has 10 heteroatoms. The SMILES string of the molecule is COc1cc(/C=C(\C#N)C(=O)NC(C)C)ccc1OC(=O)c1ccc(Cl)c([N+](=O)[O-])c1. The molecular formula is C21H18ClN3O6. The first kappa shape index (κ1) is 23.4. The second-order valence-corrected chi connectivity index (χ2v) is 6.93. The number of amides is 1. The highest BCUT2D eigenvalue weighted by Gasteiger charge is 2.19. The number of nitro groups is 1. The maximum absolute atomic E-state index is 12.4. The number of nitrogens with one attached hydrogen (secondary N) is 1. The Balaban J connectivity index is 2.30. The molecule has 1 amide bonds. The molecule has 2 aromatic rings. The molecule has 0 aliphatic heterocycles. The van der Waals surface area contributed by atoms with E-state index in [4.69, 9.17) is 21.1 Å². The Morgan fingerprint density at radius 2 is 1.94 bits per heavy atom. The summed E-state index contributed by atoms with van der Waals surface area (Å²) in [4.78, 5) is 34.8. The van der Waals surface area contributed by atoms with Crippen molar-refractivity contribution >= 4 is 35.2 Å². The van der Waals surface area contributed by atoms with E-state index >= 15 is 0 Å². The normalized spacial score (nSPS) is 10.9. The first-order chi connectivity index (χ1) is 14.7. The van der Waals surface area contributed by atoms with E-state index in [0.29, 0.717) is 5.56 Å². The maximum atomic E-state index is 12.4. The Hall–Kier alpha value is -3.90. The number of hydrogen-bond donors (Lipinski definition) is 1. The highest BCUT2D eigenvalue weighted by molar-refractivity contribution is 6.32. The van der Waals surface area contributed by atoms with Crippen LogP contribution in [0.2, 0.25) is 5.02 Å². The monoisotopic (exact) mass is 443 g/mol. The third-order valence-corrected chi connectivity index (χ3v) is 4.18. The van der Waals surface area contributed by atoms with Crippen molar-refractivity contribution in [2.45, 2.75) is 19.9 Å². The lowest BCUT2D eigenvalue weighted by atomic mass is 10.1. The Bertz CT molecular complexity index is 1100. The van der Waals surface area contributed by atoms with E-state index in [1.54, 1.807) is 13.8 Å². The van der Waals surface area contributed by atoms with E-state index in [9.17, 15) is 25.0 Å². The fourth-order valence-electron chi connectivity index (χ4n) is 2.45. The lowest BCUT2D eigenvalue weighted by Crippen LogP contribution is -2.30. The molecule has 0 aliphatic rings. The van der Waals surface area contributed by atoms with Gasteiger partial charge in [-0.3, -0.25) is 14.9 Å². The standard InChI is InChI=1S/C21H18ClN3O6/c1-12(2)24-20(26)15(11-23)8-13-4-7-18(19(9-13)30-3)31-21(27)14-5-6-16(22)17(10-14)25(28)29/h4-10,12H,1-3H3,(H,24,26)/b15-8+. The molecule has 0 atom stereocenters. The molecule has 0 spiro atoms. The van der Waals surface area contributed by atoms with Gasteiger partial charge >= 0.3 is 5.97 Å². The number of halogens is 1. The first-order valence-electron chi connectivity index (χ1n) is 8.93. The number of nitrogens with zero attached hydrogens (tertiary/aromatic N) is 2. The summed E-state index contributed by atoms with van der Waals surface area (Å²) in [6.07, 6.45) is 1.37. The first-order valence-corrected chi connectivity index (χ1v) is 9.30. The zero-order valence-electron chi connectivity index (χ0n) is 16.8. The summed E-state index contributed by atoms with van der Waals surface area (Å²) in [5.74, 6) is -1.16. The summed E-state index contributed by atoms with van der Waals surface area (Å²) < 4.78 is 10.5. The zero-order chi connectivity index (χ0) is 23.1. The summed E-state index contributed by atoms with van der Waals surface area (Å²) >= 11 is 5.75. The molecular weight excluding hydrogens is 426 g/mol. The van der Waals surface area contributed by atoms with Crippen LogP contribution in [0.4, 0.5) is 5.69 Å².